The van der Waals surface area contributed by atoms with Crippen molar-refractivity contribution in [2.75, 3.05) is 6.61 Å². The van der Waals surface area contributed by atoms with Crippen LogP contribution < -0.4 is 14.9 Å². The molecule has 25 heavy (non-hydrogen) atoms. The van der Waals surface area contributed by atoms with Crippen molar-refractivity contribution in [1.29, 1.82) is 0 Å². The molecule has 0 aliphatic carbocycles. The van der Waals surface area contributed by atoms with Crippen molar-refractivity contribution in [2.24, 2.45) is 5.10 Å². The van der Waals surface area contributed by atoms with E-state index in [-0.39, 0.29) is 23.8 Å². The molecule has 2 aromatic rings. The molecule has 0 spiro atoms. The van der Waals surface area contributed by atoms with Gasteiger partial charge in [0.15, 0.2) is 6.61 Å². The van der Waals surface area contributed by atoms with Crippen LogP contribution >= 0.6 is 0 Å². The van der Waals surface area contributed by atoms with Gasteiger partial charge >= 0.3 is 6.61 Å². The van der Waals surface area contributed by atoms with E-state index in [0.29, 0.717) is 5.56 Å². The van der Waals surface area contributed by atoms with E-state index in [1.54, 1.807) is 12.1 Å². The molecule has 132 valence electrons. The molecule has 0 saturated heterocycles. The highest BCUT2D eigenvalue weighted by Gasteiger charge is 2.11. The van der Waals surface area contributed by atoms with Crippen molar-refractivity contribution in [2.45, 2.75) is 13.5 Å². The molecule has 0 unspecified atom stereocenters. The zero-order valence-corrected chi connectivity index (χ0v) is 13.2. The van der Waals surface area contributed by atoms with E-state index < -0.39 is 18.3 Å². The van der Waals surface area contributed by atoms with Gasteiger partial charge in [-0.3, -0.25) is 4.79 Å². The number of alkyl halides is 2. The van der Waals surface area contributed by atoms with E-state index in [2.05, 4.69) is 15.3 Å². The maximum Gasteiger partial charge on any atom is 0.387 e. The maximum absolute atomic E-state index is 13.0. The van der Waals surface area contributed by atoms with Gasteiger partial charge in [0.25, 0.3) is 5.91 Å². The van der Waals surface area contributed by atoms with Crippen LogP contribution in [0.15, 0.2) is 53.6 Å². The number of rotatable bonds is 7. The first kappa shape index (κ1) is 18.3. The van der Waals surface area contributed by atoms with Crippen molar-refractivity contribution < 1.29 is 27.4 Å². The van der Waals surface area contributed by atoms with Crippen LogP contribution in [0.5, 0.6) is 11.5 Å². The first-order chi connectivity index (χ1) is 12.0. The quantitative estimate of drug-likeness (QED) is 0.614. The SMILES string of the molecule is C/C(=N/NC(=O)COc1cccc(F)c1)c1ccccc1OC(F)F. The Bertz CT molecular complexity index is 766. The fraction of sp³-hybridized carbons (Fsp3) is 0.176. The topological polar surface area (TPSA) is 59.9 Å². The maximum atomic E-state index is 13.0. The average molecular weight is 352 g/mol. The van der Waals surface area contributed by atoms with E-state index in [9.17, 15) is 18.0 Å². The number of ether oxygens (including phenoxy) is 2. The van der Waals surface area contributed by atoms with E-state index in [0.717, 1.165) is 6.07 Å². The first-order valence-electron chi connectivity index (χ1n) is 7.21. The molecule has 2 rings (SSSR count). The number of hydrazone groups is 1. The summed E-state index contributed by atoms with van der Waals surface area (Å²) < 4.78 is 47.3. The number of carbonyl (C=O) groups excluding carboxylic acids is 1. The van der Waals surface area contributed by atoms with Crippen molar-refractivity contribution in [3.8, 4) is 11.5 Å². The van der Waals surface area contributed by atoms with Crippen LogP contribution in [0.2, 0.25) is 0 Å². The van der Waals surface area contributed by atoms with Gasteiger partial charge in [0, 0.05) is 11.6 Å². The van der Waals surface area contributed by atoms with Crippen LogP contribution in [0.25, 0.3) is 0 Å². The number of nitrogens with one attached hydrogen (secondary N) is 1. The normalized spacial score (nSPS) is 11.3. The van der Waals surface area contributed by atoms with Gasteiger partial charge in [-0.15, -0.1) is 0 Å². The minimum absolute atomic E-state index is 0.0518. The van der Waals surface area contributed by atoms with Gasteiger partial charge in [0.05, 0.1) is 5.71 Å². The molecule has 0 aliphatic rings. The molecular weight excluding hydrogens is 337 g/mol. The standard InChI is InChI=1S/C17H15F3N2O3/c1-11(14-7-2-3-8-15(14)25-17(19)20)21-22-16(23)10-24-13-6-4-5-12(18)9-13/h2-9,17H,10H2,1H3,(H,22,23)/b21-11-. The Balaban J connectivity index is 1.95. The zero-order chi connectivity index (χ0) is 18.2. The second-order valence-corrected chi connectivity index (χ2v) is 4.85. The monoisotopic (exact) mass is 352 g/mol. The molecule has 0 atom stereocenters. The summed E-state index contributed by atoms with van der Waals surface area (Å²) in [6, 6.07) is 11.4. The largest absolute Gasteiger partial charge is 0.484 e. The first-order valence-corrected chi connectivity index (χ1v) is 7.21. The third-order valence-electron chi connectivity index (χ3n) is 3.01. The van der Waals surface area contributed by atoms with Gasteiger partial charge in [-0.25, -0.2) is 9.82 Å². The average Bonchev–Trinajstić information content (AvgIpc) is 2.58. The second kappa shape index (κ2) is 8.72. The van der Waals surface area contributed by atoms with Crippen LogP contribution in [0, 0.1) is 5.82 Å². The molecule has 0 fully saturated rings. The number of para-hydroxylation sites is 1. The zero-order valence-electron chi connectivity index (χ0n) is 13.2. The third kappa shape index (κ3) is 5.83. The van der Waals surface area contributed by atoms with Crippen molar-refractivity contribution >= 4 is 11.6 Å². The lowest BCUT2D eigenvalue weighted by Gasteiger charge is -2.10. The van der Waals surface area contributed by atoms with E-state index in [1.165, 1.54) is 37.3 Å². The summed E-state index contributed by atoms with van der Waals surface area (Å²) in [4.78, 5) is 11.7. The molecule has 0 aliphatic heterocycles. The highest BCUT2D eigenvalue weighted by Crippen LogP contribution is 2.20. The van der Waals surface area contributed by atoms with Crippen molar-refractivity contribution in [3.05, 3.63) is 59.9 Å². The van der Waals surface area contributed by atoms with E-state index in [4.69, 9.17) is 4.74 Å². The second-order valence-electron chi connectivity index (χ2n) is 4.85. The number of amides is 1. The molecule has 8 heteroatoms. The fourth-order valence-electron chi connectivity index (χ4n) is 1.91. The summed E-state index contributed by atoms with van der Waals surface area (Å²) in [5.74, 6) is -0.922. The number of carbonyl (C=O) groups is 1. The number of nitrogens with zero attached hydrogens (tertiary/aromatic N) is 1. The molecule has 0 saturated carbocycles. The third-order valence-corrected chi connectivity index (χ3v) is 3.01. The minimum atomic E-state index is -2.97. The molecule has 2 aromatic carbocycles. The molecule has 0 aromatic heterocycles. The highest BCUT2D eigenvalue weighted by molar-refractivity contribution is 6.01. The highest BCUT2D eigenvalue weighted by atomic mass is 19.3. The molecule has 0 bridgehead atoms. The van der Waals surface area contributed by atoms with Crippen LogP contribution in [0.3, 0.4) is 0 Å². The van der Waals surface area contributed by atoms with Gasteiger partial charge in [-0.05, 0) is 31.2 Å². The Morgan fingerprint density at radius 2 is 1.96 bits per heavy atom. The van der Waals surface area contributed by atoms with Crippen LogP contribution in [0.1, 0.15) is 12.5 Å². The van der Waals surface area contributed by atoms with Crippen LogP contribution in [0.4, 0.5) is 13.2 Å². The molecular formula is C17H15F3N2O3. The summed E-state index contributed by atoms with van der Waals surface area (Å²) in [5.41, 5.74) is 2.82. The van der Waals surface area contributed by atoms with Gasteiger partial charge in [0.2, 0.25) is 0 Å². The fourth-order valence-corrected chi connectivity index (χ4v) is 1.91. The minimum Gasteiger partial charge on any atom is -0.484 e. The smallest absolute Gasteiger partial charge is 0.387 e. The van der Waals surface area contributed by atoms with Gasteiger partial charge in [-0.2, -0.15) is 13.9 Å². The van der Waals surface area contributed by atoms with E-state index in [1.807, 2.05) is 0 Å². The molecule has 5 nitrogen and oxygen atoms in total. The van der Waals surface area contributed by atoms with Gasteiger partial charge in [0.1, 0.15) is 17.3 Å². The van der Waals surface area contributed by atoms with Crippen molar-refractivity contribution in [3.63, 3.8) is 0 Å². The van der Waals surface area contributed by atoms with Crippen LogP contribution in [-0.4, -0.2) is 24.8 Å². The van der Waals surface area contributed by atoms with Gasteiger partial charge in [-0.1, -0.05) is 18.2 Å². The lowest BCUT2D eigenvalue weighted by atomic mass is 10.1. The Hall–Kier alpha value is -3.03. The summed E-state index contributed by atoms with van der Waals surface area (Å²) >= 11 is 0. The number of benzene rings is 2. The van der Waals surface area contributed by atoms with Gasteiger partial charge < -0.3 is 9.47 Å². The Morgan fingerprint density at radius 3 is 2.68 bits per heavy atom. The van der Waals surface area contributed by atoms with Crippen molar-refractivity contribution in [1.82, 2.24) is 5.43 Å². The summed E-state index contributed by atoms with van der Waals surface area (Å²) in [6.45, 7) is -1.82. The number of hydrogen-bond acceptors (Lipinski definition) is 4. The lowest BCUT2D eigenvalue weighted by Crippen LogP contribution is -2.25. The molecule has 1 N–H and O–H groups in total. The molecule has 1 amide bonds. The lowest BCUT2D eigenvalue weighted by molar-refractivity contribution is -0.123. The predicted octanol–water partition coefficient (Wildman–Crippen LogP) is 3.35. The number of hydrogen-bond donors (Lipinski definition) is 1. The van der Waals surface area contributed by atoms with Crippen LogP contribution in [-0.2, 0) is 4.79 Å². The number of halogens is 3. The Morgan fingerprint density at radius 1 is 1.20 bits per heavy atom. The predicted molar refractivity (Wildman–Crippen MR) is 85.3 cm³/mol. The summed E-state index contributed by atoms with van der Waals surface area (Å²) in [7, 11) is 0. The Labute approximate surface area is 142 Å². The summed E-state index contributed by atoms with van der Waals surface area (Å²) in [6.07, 6.45) is 0. The molecule has 0 radical (unpaired) electrons. The van der Waals surface area contributed by atoms with E-state index >= 15 is 0 Å². The molecule has 0 heterocycles. The Kier molecular flexibility index (Phi) is 6.39. The summed E-state index contributed by atoms with van der Waals surface area (Å²) in [5, 5.41) is 3.83.